The molecular formula is C17H13BrN2O2. The third-order valence-corrected chi connectivity index (χ3v) is 4.11. The lowest BCUT2D eigenvalue weighted by Crippen LogP contribution is -2.12. The lowest BCUT2D eigenvalue weighted by molar-refractivity contribution is 0.101. The molecule has 5 heteroatoms. The topological polar surface area (TPSA) is 55.1 Å². The van der Waals surface area contributed by atoms with Gasteiger partial charge in [0.05, 0.1) is 0 Å². The molecule has 1 aromatic heterocycles. The average Bonchev–Trinajstić information content (AvgIpc) is 3.02. The van der Waals surface area contributed by atoms with Gasteiger partial charge in [-0.05, 0) is 30.7 Å². The van der Waals surface area contributed by atoms with E-state index in [2.05, 4.69) is 26.4 Å². The number of halogens is 1. The van der Waals surface area contributed by atoms with E-state index in [1.807, 2.05) is 55.5 Å². The highest BCUT2D eigenvalue weighted by molar-refractivity contribution is 9.10. The molecule has 4 nitrogen and oxygen atoms in total. The Morgan fingerprint density at radius 2 is 1.91 bits per heavy atom. The van der Waals surface area contributed by atoms with Crippen molar-refractivity contribution in [2.75, 3.05) is 5.32 Å². The molecule has 0 aliphatic heterocycles. The van der Waals surface area contributed by atoms with Crippen molar-refractivity contribution in [3.8, 4) is 11.3 Å². The molecule has 0 saturated carbocycles. The molecule has 3 aromatic rings. The van der Waals surface area contributed by atoms with Crippen LogP contribution in [0.15, 0.2) is 63.6 Å². The lowest BCUT2D eigenvalue weighted by atomic mass is 10.1. The Labute approximate surface area is 136 Å². The normalized spacial score (nSPS) is 10.5. The number of hydrogen-bond acceptors (Lipinski definition) is 3. The summed E-state index contributed by atoms with van der Waals surface area (Å²) >= 11 is 3.43. The maximum atomic E-state index is 12.2. The quantitative estimate of drug-likeness (QED) is 0.741. The van der Waals surface area contributed by atoms with Gasteiger partial charge in [-0.3, -0.25) is 4.79 Å². The van der Waals surface area contributed by atoms with E-state index in [-0.39, 0.29) is 11.6 Å². The molecule has 1 amide bonds. The molecule has 2 aromatic carbocycles. The number of anilines is 1. The molecule has 1 N–H and O–H groups in total. The first kappa shape index (κ1) is 14.5. The van der Waals surface area contributed by atoms with Crippen molar-refractivity contribution in [3.63, 3.8) is 0 Å². The van der Waals surface area contributed by atoms with E-state index in [9.17, 15) is 4.79 Å². The maximum Gasteiger partial charge on any atom is 0.277 e. The molecule has 3 rings (SSSR count). The van der Waals surface area contributed by atoms with Crippen molar-refractivity contribution in [2.24, 2.45) is 0 Å². The Bertz CT molecular complexity index is 813. The summed E-state index contributed by atoms with van der Waals surface area (Å²) in [6, 6.07) is 16.8. The lowest BCUT2D eigenvalue weighted by Gasteiger charge is -2.05. The number of carbonyl (C=O) groups is 1. The fourth-order valence-corrected chi connectivity index (χ4v) is 2.28. The van der Waals surface area contributed by atoms with Crippen molar-refractivity contribution in [1.82, 2.24) is 5.16 Å². The SMILES string of the molecule is Cc1cc(NC(=O)c2cc(-c3ccccc3)on2)ccc1Br. The highest BCUT2D eigenvalue weighted by atomic mass is 79.9. The molecule has 0 radical (unpaired) electrons. The van der Waals surface area contributed by atoms with Gasteiger partial charge in [0.15, 0.2) is 11.5 Å². The number of aromatic nitrogens is 1. The zero-order chi connectivity index (χ0) is 15.5. The number of rotatable bonds is 3. The fourth-order valence-electron chi connectivity index (χ4n) is 2.04. The van der Waals surface area contributed by atoms with Gasteiger partial charge in [0.1, 0.15) is 0 Å². The Kier molecular flexibility index (Phi) is 4.06. The van der Waals surface area contributed by atoms with Gasteiger partial charge in [-0.25, -0.2) is 0 Å². The van der Waals surface area contributed by atoms with Crippen LogP contribution in [0.1, 0.15) is 16.1 Å². The largest absolute Gasteiger partial charge is 0.355 e. The number of carbonyl (C=O) groups excluding carboxylic acids is 1. The highest BCUT2D eigenvalue weighted by Crippen LogP contribution is 2.22. The van der Waals surface area contributed by atoms with Crippen molar-refractivity contribution in [1.29, 1.82) is 0 Å². The van der Waals surface area contributed by atoms with E-state index in [0.29, 0.717) is 5.76 Å². The number of nitrogens with one attached hydrogen (secondary N) is 1. The minimum absolute atomic E-state index is 0.249. The molecule has 0 aliphatic carbocycles. The number of benzene rings is 2. The van der Waals surface area contributed by atoms with Gasteiger partial charge in [0.2, 0.25) is 0 Å². The standard InChI is InChI=1S/C17H13BrN2O2/c1-11-9-13(7-8-14(11)18)19-17(21)15-10-16(22-20-15)12-5-3-2-4-6-12/h2-10H,1H3,(H,19,21). The molecule has 0 saturated heterocycles. The molecule has 1 heterocycles. The summed E-state index contributed by atoms with van der Waals surface area (Å²) in [6.45, 7) is 1.96. The van der Waals surface area contributed by atoms with Crippen LogP contribution < -0.4 is 5.32 Å². The minimum atomic E-state index is -0.298. The van der Waals surface area contributed by atoms with E-state index in [1.54, 1.807) is 6.07 Å². The number of nitrogens with zero attached hydrogens (tertiary/aromatic N) is 1. The predicted molar refractivity (Wildman–Crippen MR) is 88.8 cm³/mol. The van der Waals surface area contributed by atoms with E-state index in [4.69, 9.17) is 4.52 Å². The van der Waals surface area contributed by atoms with E-state index in [0.717, 1.165) is 21.3 Å². The van der Waals surface area contributed by atoms with E-state index < -0.39 is 0 Å². The second-order valence-corrected chi connectivity index (χ2v) is 5.71. The summed E-state index contributed by atoms with van der Waals surface area (Å²) < 4.78 is 6.23. The van der Waals surface area contributed by atoms with Crippen molar-refractivity contribution in [3.05, 3.63) is 70.3 Å². The van der Waals surface area contributed by atoms with Crippen LogP contribution in [0.2, 0.25) is 0 Å². The van der Waals surface area contributed by atoms with E-state index in [1.165, 1.54) is 0 Å². The van der Waals surface area contributed by atoms with Crippen LogP contribution in [-0.2, 0) is 0 Å². The summed E-state index contributed by atoms with van der Waals surface area (Å²) in [5.41, 5.74) is 2.89. The number of aryl methyl sites for hydroxylation is 1. The fraction of sp³-hybridized carbons (Fsp3) is 0.0588. The summed E-state index contributed by atoms with van der Waals surface area (Å²) in [7, 11) is 0. The molecule has 110 valence electrons. The minimum Gasteiger partial charge on any atom is -0.355 e. The number of amides is 1. The van der Waals surface area contributed by atoms with Gasteiger partial charge in [0.25, 0.3) is 5.91 Å². The first-order valence-electron chi connectivity index (χ1n) is 6.73. The molecule has 0 fully saturated rings. The molecule has 0 unspecified atom stereocenters. The Hall–Kier alpha value is -2.40. The number of hydrogen-bond donors (Lipinski definition) is 1. The van der Waals surface area contributed by atoms with Crippen LogP contribution >= 0.6 is 15.9 Å². The summed E-state index contributed by atoms with van der Waals surface area (Å²) in [4.78, 5) is 12.2. The molecular weight excluding hydrogens is 344 g/mol. The van der Waals surface area contributed by atoms with Gasteiger partial charge in [-0.1, -0.05) is 51.4 Å². The van der Waals surface area contributed by atoms with Gasteiger partial charge in [0, 0.05) is 21.8 Å². The Morgan fingerprint density at radius 1 is 1.14 bits per heavy atom. The molecule has 0 aliphatic rings. The zero-order valence-electron chi connectivity index (χ0n) is 11.8. The summed E-state index contributed by atoms with van der Waals surface area (Å²) in [5, 5.41) is 6.64. The second kappa shape index (κ2) is 6.15. The van der Waals surface area contributed by atoms with Gasteiger partial charge >= 0.3 is 0 Å². The summed E-state index contributed by atoms with van der Waals surface area (Å²) in [5.74, 6) is 0.269. The van der Waals surface area contributed by atoms with Gasteiger partial charge < -0.3 is 9.84 Å². The molecule has 22 heavy (non-hydrogen) atoms. The Balaban J connectivity index is 1.78. The molecule has 0 bridgehead atoms. The third kappa shape index (κ3) is 3.09. The molecule has 0 spiro atoms. The maximum absolute atomic E-state index is 12.2. The highest BCUT2D eigenvalue weighted by Gasteiger charge is 2.14. The second-order valence-electron chi connectivity index (χ2n) is 4.86. The first-order chi connectivity index (χ1) is 10.6. The van der Waals surface area contributed by atoms with Crippen molar-refractivity contribution >= 4 is 27.5 Å². The van der Waals surface area contributed by atoms with E-state index >= 15 is 0 Å². The van der Waals surface area contributed by atoms with Crippen molar-refractivity contribution in [2.45, 2.75) is 6.92 Å². The average molecular weight is 357 g/mol. The van der Waals surface area contributed by atoms with Gasteiger partial charge in [-0.15, -0.1) is 0 Å². The van der Waals surface area contributed by atoms with Crippen LogP contribution in [0.25, 0.3) is 11.3 Å². The zero-order valence-corrected chi connectivity index (χ0v) is 13.4. The Morgan fingerprint density at radius 3 is 2.64 bits per heavy atom. The van der Waals surface area contributed by atoms with Crippen molar-refractivity contribution < 1.29 is 9.32 Å². The summed E-state index contributed by atoms with van der Waals surface area (Å²) in [6.07, 6.45) is 0. The third-order valence-electron chi connectivity index (χ3n) is 3.22. The first-order valence-corrected chi connectivity index (χ1v) is 7.52. The van der Waals surface area contributed by atoms with Crippen LogP contribution in [0.3, 0.4) is 0 Å². The van der Waals surface area contributed by atoms with Crippen LogP contribution in [-0.4, -0.2) is 11.1 Å². The smallest absolute Gasteiger partial charge is 0.277 e. The van der Waals surface area contributed by atoms with Crippen LogP contribution in [0, 0.1) is 6.92 Å². The van der Waals surface area contributed by atoms with Crippen LogP contribution in [0.5, 0.6) is 0 Å². The monoisotopic (exact) mass is 356 g/mol. The predicted octanol–water partition coefficient (Wildman–Crippen LogP) is 4.66. The van der Waals surface area contributed by atoms with Gasteiger partial charge in [-0.2, -0.15) is 0 Å². The molecule has 0 atom stereocenters. The van der Waals surface area contributed by atoms with Crippen LogP contribution in [0.4, 0.5) is 5.69 Å².